The molecule has 1 rings (SSSR count). The van der Waals surface area contributed by atoms with Gasteiger partial charge in [-0.3, -0.25) is 4.72 Å². The first-order valence-electron chi connectivity index (χ1n) is 5.74. The largest absolute Gasteiger partial charge is 0.494 e. The van der Waals surface area contributed by atoms with Crippen molar-refractivity contribution in [2.24, 2.45) is 0 Å². The Kier molecular flexibility index (Phi) is 5.28. The molecular formula is C12H18ClNO3S. The Morgan fingerprint density at radius 3 is 2.61 bits per heavy atom. The molecule has 0 bridgehead atoms. The van der Waals surface area contributed by atoms with E-state index in [1.807, 2.05) is 13.8 Å². The molecule has 0 atom stereocenters. The Morgan fingerprint density at radius 2 is 2.06 bits per heavy atom. The van der Waals surface area contributed by atoms with Gasteiger partial charge >= 0.3 is 0 Å². The smallest absolute Gasteiger partial charge is 0.232 e. The zero-order chi connectivity index (χ0) is 13.8. The summed E-state index contributed by atoms with van der Waals surface area (Å²) in [5.41, 5.74) is 1.18. The van der Waals surface area contributed by atoms with Gasteiger partial charge in [-0.15, -0.1) is 0 Å². The molecule has 0 heterocycles. The topological polar surface area (TPSA) is 55.4 Å². The number of hydrogen-bond acceptors (Lipinski definition) is 3. The molecule has 0 aliphatic carbocycles. The Balaban J connectivity index is 3.03. The van der Waals surface area contributed by atoms with Gasteiger partial charge < -0.3 is 4.74 Å². The van der Waals surface area contributed by atoms with Gasteiger partial charge in [-0.1, -0.05) is 24.9 Å². The van der Waals surface area contributed by atoms with Crippen LogP contribution in [0.2, 0.25) is 5.02 Å². The molecule has 18 heavy (non-hydrogen) atoms. The van der Waals surface area contributed by atoms with Gasteiger partial charge in [0.25, 0.3) is 0 Å². The van der Waals surface area contributed by atoms with E-state index in [0.29, 0.717) is 22.9 Å². The highest BCUT2D eigenvalue weighted by atomic mass is 35.5. The minimum atomic E-state index is -3.35. The molecule has 0 radical (unpaired) electrons. The van der Waals surface area contributed by atoms with Gasteiger partial charge in [0.05, 0.1) is 18.6 Å². The number of nitrogens with one attached hydrogen (secondary N) is 1. The molecule has 1 aromatic carbocycles. The molecule has 4 nitrogen and oxygen atoms in total. The van der Waals surface area contributed by atoms with Crippen molar-refractivity contribution in [3.63, 3.8) is 0 Å². The van der Waals surface area contributed by atoms with Crippen LogP contribution in [0.4, 0.5) is 5.69 Å². The third kappa shape index (κ3) is 4.07. The summed E-state index contributed by atoms with van der Waals surface area (Å²) in [6, 6.07) is 3.28. The maximum atomic E-state index is 11.8. The summed E-state index contributed by atoms with van der Waals surface area (Å²) in [6.45, 7) is 3.76. The molecule has 102 valence electrons. The summed E-state index contributed by atoms with van der Waals surface area (Å²) < 4.78 is 31.4. The van der Waals surface area contributed by atoms with Crippen LogP contribution in [0, 0.1) is 6.92 Å². The first-order chi connectivity index (χ1) is 8.39. The predicted molar refractivity (Wildman–Crippen MR) is 75.1 cm³/mol. The van der Waals surface area contributed by atoms with Crippen LogP contribution in [0.25, 0.3) is 0 Å². The van der Waals surface area contributed by atoms with E-state index >= 15 is 0 Å². The van der Waals surface area contributed by atoms with E-state index in [1.165, 1.54) is 7.11 Å². The number of benzene rings is 1. The van der Waals surface area contributed by atoms with E-state index in [9.17, 15) is 8.42 Å². The second-order valence-electron chi connectivity index (χ2n) is 4.08. The first kappa shape index (κ1) is 15.1. The highest BCUT2D eigenvalue weighted by Crippen LogP contribution is 2.32. The van der Waals surface area contributed by atoms with Crippen molar-refractivity contribution in [1.29, 1.82) is 0 Å². The number of ether oxygens (including phenoxy) is 1. The highest BCUT2D eigenvalue weighted by Gasteiger charge is 2.15. The fourth-order valence-corrected chi connectivity index (χ4v) is 3.16. The SMILES string of the molecule is CCCCS(=O)(=O)Nc1cc(Cl)cc(C)c1OC. The van der Waals surface area contributed by atoms with E-state index in [4.69, 9.17) is 16.3 Å². The normalized spacial score (nSPS) is 11.3. The molecule has 1 aromatic rings. The summed E-state index contributed by atoms with van der Waals surface area (Å²) in [6.07, 6.45) is 1.45. The van der Waals surface area contributed by atoms with E-state index < -0.39 is 10.0 Å². The third-order valence-corrected chi connectivity index (χ3v) is 4.05. The van der Waals surface area contributed by atoms with Gasteiger partial charge in [-0.25, -0.2) is 8.42 Å². The van der Waals surface area contributed by atoms with Gasteiger partial charge in [0.2, 0.25) is 10.0 Å². The summed E-state index contributed by atoms with van der Waals surface area (Å²) in [7, 11) is -1.85. The van der Waals surface area contributed by atoms with Gasteiger partial charge in [0.15, 0.2) is 0 Å². The van der Waals surface area contributed by atoms with E-state index in [0.717, 1.165) is 12.0 Å². The van der Waals surface area contributed by atoms with Crippen LogP contribution in [0.15, 0.2) is 12.1 Å². The standard InChI is InChI=1S/C12H18ClNO3S/c1-4-5-6-18(15,16)14-11-8-10(13)7-9(2)12(11)17-3/h7-8,14H,4-6H2,1-3H3. The average Bonchev–Trinajstić information content (AvgIpc) is 2.25. The Morgan fingerprint density at radius 1 is 1.39 bits per heavy atom. The lowest BCUT2D eigenvalue weighted by atomic mass is 10.2. The molecule has 0 aliphatic rings. The van der Waals surface area contributed by atoms with Crippen LogP contribution in [0.1, 0.15) is 25.3 Å². The minimum absolute atomic E-state index is 0.0955. The fourth-order valence-electron chi connectivity index (χ4n) is 1.63. The number of aryl methyl sites for hydroxylation is 1. The van der Waals surface area contributed by atoms with Crippen LogP contribution in [0.3, 0.4) is 0 Å². The van der Waals surface area contributed by atoms with Crippen molar-refractivity contribution >= 4 is 27.3 Å². The number of halogens is 1. The van der Waals surface area contributed by atoms with Crippen molar-refractivity contribution in [3.05, 3.63) is 22.7 Å². The van der Waals surface area contributed by atoms with Crippen molar-refractivity contribution in [1.82, 2.24) is 0 Å². The van der Waals surface area contributed by atoms with Gasteiger partial charge in [0.1, 0.15) is 5.75 Å². The molecule has 0 aliphatic heterocycles. The zero-order valence-electron chi connectivity index (χ0n) is 10.8. The molecule has 1 N–H and O–H groups in total. The number of sulfonamides is 1. The maximum absolute atomic E-state index is 11.8. The Labute approximate surface area is 113 Å². The Bertz CT molecular complexity index is 514. The molecule has 0 saturated heterocycles. The van der Waals surface area contributed by atoms with Crippen LogP contribution in [-0.2, 0) is 10.0 Å². The number of rotatable bonds is 6. The number of hydrogen-bond donors (Lipinski definition) is 1. The van der Waals surface area contributed by atoms with E-state index in [2.05, 4.69) is 4.72 Å². The highest BCUT2D eigenvalue weighted by molar-refractivity contribution is 7.92. The summed E-state index contributed by atoms with van der Waals surface area (Å²) in [5, 5.41) is 0.474. The number of methoxy groups -OCH3 is 1. The molecule has 0 unspecified atom stereocenters. The number of unbranched alkanes of at least 4 members (excludes halogenated alkanes) is 1. The lowest BCUT2D eigenvalue weighted by molar-refractivity contribution is 0.414. The Hall–Kier alpha value is -0.940. The van der Waals surface area contributed by atoms with Crippen LogP contribution in [0.5, 0.6) is 5.75 Å². The molecule has 0 spiro atoms. The van der Waals surface area contributed by atoms with E-state index in [1.54, 1.807) is 12.1 Å². The lowest BCUT2D eigenvalue weighted by Gasteiger charge is -2.14. The molecule has 6 heteroatoms. The minimum Gasteiger partial charge on any atom is -0.494 e. The fraction of sp³-hybridized carbons (Fsp3) is 0.500. The van der Waals surface area contributed by atoms with Crippen molar-refractivity contribution < 1.29 is 13.2 Å². The van der Waals surface area contributed by atoms with Gasteiger partial charge in [-0.05, 0) is 31.0 Å². The summed E-state index contributed by atoms with van der Waals surface area (Å²) in [5.74, 6) is 0.595. The van der Waals surface area contributed by atoms with Gasteiger partial charge in [0, 0.05) is 5.02 Å². The molecular weight excluding hydrogens is 274 g/mol. The first-order valence-corrected chi connectivity index (χ1v) is 7.77. The monoisotopic (exact) mass is 291 g/mol. The third-order valence-electron chi connectivity index (χ3n) is 2.48. The van der Waals surface area contributed by atoms with E-state index in [-0.39, 0.29) is 5.75 Å². The van der Waals surface area contributed by atoms with Gasteiger partial charge in [-0.2, -0.15) is 0 Å². The molecule has 0 saturated carbocycles. The van der Waals surface area contributed by atoms with Crippen molar-refractivity contribution in [3.8, 4) is 5.75 Å². The summed E-state index contributed by atoms with van der Waals surface area (Å²) >= 11 is 5.92. The van der Waals surface area contributed by atoms with Crippen LogP contribution < -0.4 is 9.46 Å². The van der Waals surface area contributed by atoms with Crippen LogP contribution in [-0.4, -0.2) is 21.3 Å². The van der Waals surface area contributed by atoms with Crippen LogP contribution >= 0.6 is 11.6 Å². The predicted octanol–water partition coefficient (Wildman–Crippen LogP) is 3.20. The molecule has 0 aromatic heterocycles. The second kappa shape index (κ2) is 6.29. The molecule has 0 amide bonds. The van der Waals surface area contributed by atoms with Crippen molar-refractivity contribution in [2.45, 2.75) is 26.7 Å². The molecule has 0 fully saturated rings. The second-order valence-corrected chi connectivity index (χ2v) is 6.36. The van der Waals surface area contributed by atoms with Crippen molar-refractivity contribution in [2.75, 3.05) is 17.6 Å². The maximum Gasteiger partial charge on any atom is 0.232 e. The quantitative estimate of drug-likeness (QED) is 0.875. The summed E-state index contributed by atoms with van der Waals surface area (Å²) in [4.78, 5) is 0. The zero-order valence-corrected chi connectivity index (χ0v) is 12.4. The lowest BCUT2D eigenvalue weighted by Crippen LogP contribution is -2.17. The number of anilines is 1. The average molecular weight is 292 g/mol.